The molecule has 0 saturated heterocycles. The molecule has 0 aliphatic carbocycles. The molecule has 0 fully saturated rings. The normalized spacial score (nSPS) is 13.4. The van der Waals surface area contributed by atoms with Crippen LogP contribution in [0.4, 0.5) is 4.39 Å². The van der Waals surface area contributed by atoms with E-state index in [-0.39, 0.29) is 17.3 Å². The first-order valence-corrected chi connectivity index (χ1v) is 7.48. The third-order valence-corrected chi connectivity index (χ3v) is 4.04. The van der Waals surface area contributed by atoms with Crippen molar-refractivity contribution in [2.24, 2.45) is 5.41 Å². The van der Waals surface area contributed by atoms with Crippen molar-refractivity contribution in [2.75, 3.05) is 0 Å². The van der Waals surface area contributed by atoms with Crippen LogP contribution >= 0.6 is 23.1 Å². The van der Waals surface area contributed by atoms with Crippen LogP contribution in [0.15, 0.2) is 24.3 Å². The van der Waals surface area contributed by atoms with E-state index in [1.807, 2.05) is 0 Å². The van der Waals surface area contributed by atoms with E-state index >= 15 is 0 Å². The van der Waals surface area contributed by atoms with Gasteiger partial charge in [0.05, 0.1) is 0 Å². The van der Waals surface area contributed by atoms with Gasteiger partial charge in [-0.05, 0) is 23.1 Å². The Morgan fingerprint density at radius 3 is 2.45 bits per heavy atom. The molecule has 0 radical (unpaired) electrons. The van der Waals surface area contributed by atoms with Crippen LogP contribution in [0, 0.1) is 11.2 Å². The van der Waals surface area contributed by atoms with E-state index in [1.54, 1.807) is 12.1 Å². The van der Waals surface area contributed by atoms with E-state index in [2.05, 4.69) is 35.7 Å². The summed E-state index contributed by atoms with van der Waals surface area (Å²) in [6.07, 6.45) is 0. The van der Waals surface area contributed by atoms with Crippen LogP contribution in [0.1, 0.15) is 38.1 Å². The Bertz CT molecular complexity index is 563. The molecule has 108 valence electrons. The molecule has 1 N–H and O–H groups in total. The molecular formula is C14H17ClFN3S. The van der Waals surface area contributed by atoms with Crippen LogP contribution in [0.3, 0.4) is 0 Å². The zero-order valence-corrected chi connectivity index (χ0v) is 13.2. The number of benzene rings is 1. The second-order valence-electron chi connectivity index (χ2n) is 5.72. The average Bonchev–Trinajstić information content (AvgIpc) is 2.76. The molecule has 20 heavy (non-hydrogen) atoms. The lowest BCUT2D eigenvalue weighted by Crippen LogP contribution is -2.32. The van der Waals surface area contributed by atoms with Crippen LogP contribution in [-0.2, 0) is 6.54 Å². The van der Waals surface area contributed by atoms with Crippen molar-refractivity contribution in [2.45, 2.75) is 33.4 Å². The summed E-state index contributed by atoms with van der Waals surface area (Å²) in [4.78, 5) is 0. The minimum atomic E-state index is -0.229. The molecule has 6 heteroatoms. The topological polar surface area (TPSA) is 37.8 Å². The van der Waals surface area contributed by atoms with Gasteiger partial charge < -0.3 is 5.32 Å². The number of nitrogens with one attached hydrogen (secondary N) is 1. The first-order valence-electron chi connectivity index (χ1n) is 6.33. The number of aromatic nitrogens is 2. The molecule has 0 aliphatic rings. The van der Waals surface area contributed by atoms with Crippen LogP contribution in [-0.4, -0.2) is 9.59 Å². The molecule has 3 nitrogen and oxygen atoms in total. The quantitative estimate of drug-likeness (QED) is 0.919. The number of halogens is 2. The number of rotatable bonds is 4. The van der Waals surface area contributed by atoms with E-state index in [4.69, 9.17) is 11.6 Å². The first kappa shape index (κ1) is 15.4. The summed E-state index contributed by atoms with van der Waals surface area (Å²) >= 11 is 7.18. The Hall–Kier alpha value is -1.04. The number of nitrogens with zero attached hydrogens (tertiary/aromatic N) is 2. The van der Waals surface area contributed by atoms with E-state index in [0.29, 0.717) is 10.9 Å². The molecule has 2 rings (SSSR count). The lowest BCUT2D eigenvalue weighted by atomic mass is 9.82. The van der Waals surface area contributed by atoms with E-state index in [9.17, 15) is 4.39 Å². The molecule has 1 unspecified atom stereocenters. The molecule has 2 aromatic rings. The van der Waals surface area contributed by atoms with Gasteiger partial charge in [-0.15, -0.1) is 5.10 Å². The molecule has 0 amide bonds. The van der Waals surface area contributed by atoms with Crippen molar-refractivity contribution in [1.82, 2.24) is 14.9 Å². The summed E-state index contributed by atoms with van der Waals surface area (Å²) in [5, 5.41) is 7.43. The highest BCUT2D eigenvalue weighted by atomic mass is 35.5. The Morgan fingerprint density at radius 1 is 1.30 bits per heavy atom. The first-order chi connectivity index (χ1) is 9.38. The van der Waals surface area contributed by atoms with E-state index in [1.165, 1.54) is 23.7 Å². The smallest absolute Gasteiger partial charge is 0.138 e. The SMILES string of the molecule is CC(C)(C)C(NCc1nnsc1Cl)c1ccc(F)cc1. The minimum Gasteiger partial charge on any atom is -0.304 e. The van der Waals surface area contributed by atoms with Crippen LogP contribution in [0.5, 0.6) is 0 Å². The third-order valence-electron chi connectivity index (χ3n) is 3.05. The van der Waals surface area contributed by atoms with Crippen molar-refractivity contribution < 1.29 is 4.39 Å². The molecular weight excluding hydrogens is 297 g/mol. The highest BCUT2D eigenvalue weighted by Gasteiger charge is 2.26. The van der Waals surface area contributed by atoms with Crippen LogP contribution in [0.2, 0.25) is 4.34 Å². The van der Waals surface area contributed by atoms with Crippen molar-refractivity contribution in [3.8, 4) is 0 Å². The van der Waals surface area contributed by atoms with Crippen molar-refractivity contribution in [1.29, 1.82) is 0 Å². The van der Waals surface area contributed by atoms with E-state index in [0.717, 1.165) is 11.3 Å². The third kappa shape index (κ3) is 3.75. The highest BCUT2D eigenvalue weighted by molar-refractivity contribution is 7.10. The summed E-state index contributed by atoms with van der Waals surface area (Å²) in [7, 11) is 0. The van der Waals surface area contributed by atoms with Gasteiger partial charge in [-0.3, -0.25) is 0 Å². The predicted molar refractivity (Wildman–Crippen MR) is 80.4 cm³/mol. The monoisotopic (exact) mass is 313 g/mol. The van der Waals surface area contributed by atoms with Crippen molar-refractivity contribution >= 4 is 23.1 Å². The standard InChI is InChI=1S/C14H17ClFN3S/c1-14(2,3)12(9-4-6-10(16)7-5-9)17-8-11-13(15)20-19-18-11/h4-7,12,17H,8H2,1-3H3. The molecule has 0 aliphatic heterocycles. The fourth-order valence-electron chi connectivity index (χ4n) is 2.08. The second-order valence-corrected chi connectivity index (χ2v) is 7.08. The molecule has 1 aromatic heterocycles. The summed E-state index contributed by atoms with van der Waals surface area (Å²) in [5.74, 6) is -0.229. The summed E-state index contributed by atoms with van der Waals surface area (Å²) in [5.41, 5.74) is 1.76. The van der Waals surface area contributed by atoms with Gasteiger partial charge >= 0.3 is 0 Å². The zero-order chi connectivity index (χ0) is 14.8. The van der Waals surface area contributed by atoms with Gasteiger partial charge in [-0.2, -0.15) is 0 Å². The highest BCUT2D eigenvalue weighted by Crippen LogP contribution is 2.33. The molecule has 1 atom stereocenters. The number of hydrogen-bond donors (Lipinski definition) is 1. The molecule has 0 saturated carbocycles. The molecule has 1 aromatic carbocycles. The van der Waals surface area contributed by atoms with Gasteiger partial charge in [-0.1, -0.05) is 49.0 Å². The summed E-state index contributed by atoms with van der Waals surface area (Å²) in [6, 6.07) is 6.64. The molecule has 0 bridgehead atoms. The molecule has 1 heterocycles. The maximum atomic E-state index is 13.1. The average molecular weight is 314 g/mol. The van der Waals surface area contributed by atoms with E-state index < -0.39 is 0 Å². The van der Waals surface area contributed by atoms with Gasteiger partial charge in [0.25, 0.3) is 0 Å². The number of hydrogen-bond acceptors (Lipinski definition) is 4. The Balaban J connectivity index is 2.16. The fraction of sp³-hybridized carbons (Fsp3) is 0.429. The van der Waals surface area contributed by atoms with Gasteiger partial charge in [0, 0.05) is 24.1 Å². The Morgan fingerprint density at radius 2 is 1.95 bits per heavy atom. The predicted octanol–water partition coefficient (Wildman–Crippen LogP) is 4.21. The lowest BCUT2D eigenvalue weighted by molar-refractivity contribution is 0.270. The van der Waals surface area contributed by atoms with Crippen LogP contribution < -0.4 is 5.32 Å². The largest absolute Gasteiger partial charge is 0.304 e. The lowest BCUT2D eigenvalue weighted by Gasteiger charge is -2.32. The molecule has 0 spiro atoms. The summed E-state index contributed by atoms with van der Waals surface area (Å²) in [6.45, 7) is 6.94. The van der Waals surface area contributed by atoms with Gasteiger partial charge in [0.2, 0.25) is 0 Å². The maximum absolute atomic E-state index is 13.1. The van der Waals surface area contributed by atoms with Gasteiger partial charge in [-0.25, -0.2) is 4.39 Å². The van der Waals surface area contributed by atoms with Crippen LogP contribution in [0.25, 0.3) is 0 Å². The summed E-state index contributed by atoms with van der Waals surface area (Å²) < 4.78 is 17.5. The van der Waals surface area contributed by atoms with Gasteiger partial charge in [0.1, 0.15) is 15.8 Å². The van der Waals surface area contributed by atoms with Crippen molar-refractivity contribution in [3.05, 3.63) is 45.7 Å². The minimum absolute atomic E-state index is 0.0201. The Labute approximate surface area is 127 Å². The maximum Gasteiger partial charge on any atom is 0.138 e. The van der Waals surface area contributed by atoms with Crippen molar-refractivity contribution in [3.63, 3.8) is 0 Å². The zero-order valence-electron chi connectivity index (χ0n) is 11.7. The second kappa shape index (κ2) is 6.16. The van der Waals surface area contributed by atoms with Gasteiger partial charge in [0.15, 0.2) is 0 Å². The Kier molecular flexibility index (Phi) is 4.73. The fourth-order valence-corrected chi connectivity index (χ4v) is 2.71.